The van der Waals surface area contributed by atoms with Crippen molar-refractivity contribution < 1.29 is 9.13 Å². The predicted molar refractivity (Wildman–Crippen MR) is 117 cm³/mol. The molecule has 28 heavy (non-hydrogen) atoms. The van der Waals surface area contributed by atoms with Crippen molar-refractivity contribution >= 4 is 17.7 Å². The molecule has 1 aromatic carbocycles. The molecule has 0 radical (unpaired) electrons. The minimum Gasteiger partial charge on any atom is -0.383 e. The summed E-state index contributed by atoms with van der Waals surface area (Å²) in [6.07, 6.45) is 3.45. The van der Waals surface area contributed by atoms with Gasteiger partial charge in [0.2, 0.25) is 0 Å². The Hall–Kier alpha value is -1.31. The molecule has 1 fully saturated rings. The number of likely N-dealkylation sites (tertiary alicyclic amines) is 1. The van der Waals surface area contributed by atoms with E-state index < -0.39 is 0 Å². The number of nitrogens with zero attached hydrogens (tertiary/aromatic N) is 2. The van der Waals surface area contributed by atoms with Crippen LogP contribution in [0.1, 0.15) is 26.2 Å². The number of hydrogen-bond acceptors (Lipinski definition) is 4. The maximum atomic E-state index is 12.9. The molecule has 2 N–H and O–H groups in total. The van der Waals surface area contributed by atoms with Gasteiger partial charge in [-0.25, -0.2) is 4.39 Å². The number of nitrogens with one attached hydrogen (secondary N) is 2. The van der Waals surface area contributed by atoms with Crippen molar-refractivity contribution in [3.63, 3.8) is 0 Å². The number of methoxy groups -OCH3 is 1. The monoisotopic (exact) mass is 410 g/mol. The number of guanidine groups is 1. The van der Waals surface area contributed by atoms with Crippen LogP contribution in [0.15, 0.2) is 34.2 Å². The summed E-state index contributed by atoms with van der Waals surface area (Å²) < 4.78 is 18.1. The van der Waals surface area contributed by atoms with Crippen molar-refractivity contribution in [3.8, 4) is 0 Å². The first-order valence-corrected chi connectivity index (χ1v) is 11.3. The third-order valence-electron chi connectivity index (χ3n) is 4.87. The number of benzene rings is 1. The quantitative estimate of drug-likeness (QED) is 0.254. The van der Waals surface area contributed by atoms with Gasteiger partial charge in [0.05, 0.1) is 6.61 Å². The molecule has 1 saturated heterocycles. The molecule has 1 aromatic rings. The van der Waals surface area contributed by atoms with Crippen molar-refractivity contribution in [1.82, 2.24) is 15.5 Å². The van der Waals surface area contributed by atoms with Gasteiger partial charge in [0.25, 0.3) is 0 Å². The zero-order valence-corrected chi connectivity index (χ0v) is 18.1. The second-order valence-corrected chi connectivity index (χ2v) is 8.25. The molecule has 0 atom stereocenters. The Bertz CT molecular complexity index is 562. The molecule has 2 rings (SSSR count). The maximum absolute atomic E-state index is 12.9. The fourth-order valence-corrected chi connectivity index (χ4v) is 4.03. The van der Waals surface area contributed by atoms with E-state index in [-0.39, 0.29) is 5.82 Å². The van der Waals surface area contributed by atoms with Crippen molar-refractivity contribution in [2.75, 3.05) is 58.7 Å². The fourth-order valence-electron chi connectivity index (χ4n) is 3.17. The summed E-state index contributed by atoms with van der Waals surface area (Å²) in [5.41, 5.74) is 0. The molecule has 158 valence electrons. The first-order chi connectivity index (χ1) is 13.7. The largest absolute Gasteiger partial charge is 0.383 e. The van der Waals surface area contributed by atoms with E-state index in [4.69, 9.17) is 9.73 Å². The van der Waals surface area contributed by atoms with Gasteiger partial charge in [-0.2, -0.15) is 0 Å². The van der Waals surface area contributed by atoms with E-state index in [1.165, 1.54) is 25.0 Å². The Balaban J connectivity index is 1.63. The standard InChI is InChI=1S/C21H35FN4OS/c1-3-23-21(24-11-4-16-28-20-7-5-19(22)6-8-20)25-17-18-9-12-26(13-10-18)14-15-27-2/h5-8,18H,3-4,9-17H2,1-2H3,(H2,23,24,25). The molecule has 0 aliphatic carbocycles. The van der Waals surface area contributed by atoms with Crippen molar-refractivity contribution in [3.05, 3.63) is 30.1 Å². The van der Waals surface area contributed by atoms with Gasteiger partial charge in [-0.15, -0.1) is 11.8 Å². The van der Waals surface area contributed by atoms with Crippen LogP contribution in [0.3, 0.4) is 0 Å². The minimum absolute atomic E-state index is 0.182. The number of aliphatic imine (C=N–C) groups is 1. The highest BCUT2D eigenvalue weighted by Gasteiger charge is 2.18. The molecule has 0 spiro atoms. The highest BCUT2D eigenvalue weighted by atomic mass is 32.2. The summed E-state index contributed by atoms with van der Waals surface area (Å²) >= 11 is 1.76. The Kier molecular flexibility index (Phi) is 11.3. The van der Waals surface area contributed by atoms with Crippen LogP contribution >= 0.6 is 11.8 Å². The molecule has 0 bridgehead atoms. The van der Waals surface area contributed by atoms with Gasteiger partial charge >= 0.3 is 0 Å². The number of halogens is 1. The zero-order chi connectivity index (χ0) is 20.0. The van der Waals surface area contributed by atoms with Gasteiger partial charge in [-0.3, -0.25) is 4.99 Å². The summed E-state index contributed by atoms with van der Waals surface area (Å²) in [4.78, 5) is 8.38. The lowest BCUT2D eigenvalue weighted by molar-refractivity contribution is 0.121. The third kappa shape index (κ3) is 9.26. The average molecular weight is 411 g/mol. The van der Waals surface area contributed by atoms with Crippen molar-refractivity contribution in [1.29, 1.82) is 0 Å². The van der Waals surface area contributed by atoms with E-state index in [0.717, 1.165) is 68.9 Å². The number of rotatable bonds is 11. The highest BCUT2D eigenvalue weighted by molar-refractivity contribution is 7.99. The zero-order valence-electron chi connectivity index (χ0n) is 17.3. The fraction of sp³-hybridized carbons (Fsp3) is 0.667. The van der Waals surface area contributed by atoms with E-state index in [1.807, 2.05) is 12.1 Å². The van der Waals surface area contributed by atoms with E-state index in [9.17, 15) is 4.39 Å². The molecular formula is C21H35FN4OS. The lowest BCUT2D eigenvalue weighted by atomic mass is 9.97. The molecule has 1 aliphatic heterocycles. The number of hydrogen-bond donors (Lipinski definition) is 2. The summed E-state index contributed by atoms with van der Waals surface area (Å²) in [6, 6.07) is 6.69. The molecule has 7 heteroatoms. The summed E-state index contributed by atoms with van der Waals surface area (Å²) in [5, 5.41) is 6.77. The number of ether oxygens (including phenoxy) is 1. The van der Waals surface area contributed by atoms with E-state index in [2.05, 4.69) is 22.5 Å². The topological polar surface area (TPSA) is 48.9 Å². The van der Waals surface area contributed by atoms with Gasteiger partial charge in [-0.1, -0.05) is 0 Å². The predicted octanol–water partition coefficient (Wildman–Crippen LogP) is 3.22. The lowest BCUT2D eigenvalue weighted by Gasteiger charge is -2.31. The van der Waals surface area contributed by atoms with Crippen LogP contribution in [0.25, 0.3) is 0 Å². The average Bonchev–Trinajstić information content (AvgIpc) is 2.72. The van der Waals surface area contributed by atoms with Crippen LogP contribution in [0, 0.1) is 11.7 Å². The van der Waals surface area contributed by atoms with Crippen LogP contribution in [-0.4, -0.2) is 69.6 Å². The van der Waals surface area contributed by atoms with Crippen molar-refractivity contribution in [2.24, 2.45) is 10.9 Å². The Morgan fingerprint density at radius 2 is 2.00 bits per heavy atom. The second kappa shape index (κ2) is 13.8. The Morgan fingerprint density at radius 3 is 2.68 bits per heavy atom. The second-order valence-electron chi connectivity index (χ2n) is 7.08. The third-order valence-corrected chi connectivity index (χ3v) is 5.96. The normalized spacial score (nSPS) is 16.3. The highest BCUT2D eigenvalue weighted by Crippen LogP contribution is 2.19. The van der Waals surface area contributed by atoms with Crippen LogP contribution in [-0.2, 0) is 4.74 Å². The van der Waals surface area contributed by atoms with E-state index in [0.29, 0.717) is 5.92 Å². The SMILES string of the molecule is CCNC(=NCC1CCN(CCOC)CC1)NCCCSc1ccc(F)cc1. The smallest absolute Gasteiger partial charge is 0.191 e. The van der Waals surface area contributed by atoms with Crippen LogP contribution in [0.5, 0.6) is 0 Å². The molecule has 0 amide bonds. The lowest BCUT2D eigenvalue weighted by Crippen LogP contribution is -2.39. The first kappa shape index (κ1) is 23.0. The Morgan fingerprint density at radius 1 is 1.25 bits per heavy atom. The molecule has 0 aromatic heterocycles. The summed E-state index contributed by atoms with van der Waals surface area (Å²) in [7, 11) is 1.76. The van der Waals surface area contributed by atoms with Crippen LogP contribution in [0.4, 0.5) is 4.39 Å². The van der Waals surface area contributed by atoms with Gasteiger partial charge in [0, 0.05) is 38.2 Å². The molecule has 1 aliphatic rings. The summed E-state index contributed by atoms with van der Waals surface area (Å²) in [5.74, 6) is 2.40. The Labute approximate surface area is 173 Å². The van der Waals surface area contributed by atoms with E-state index >= 15 is 0 Å². The van der Waals surface area contributed by atoms with Crippen LogP contribution in [0.2, 0.25) is 0 Å². The molecule has 5 nitrogen and oxygen atoms in total. The minimum atomic E-state index is -0.182. The van der Waals surface area contributed by atoms with Gasteiger partial charge in [-0.05, 0) is 75.2 Å². The van der Waals surface area contributed by atoms with Gasteiger partial charge in [0.1, 0.15) is 5.82 Å². The molecular weight excluding hydrogens is 375 g/mol. The van der Waals surface area contributed by atoms with E-state index in [1.54, 1.807) is 18.9 Å². The first-order valence-electron chi connectivity index (χ1n) is 10.3. The molecule has 0 unspecified atom stereocenters. The van der Waals surface area contributed by atoms with Gasteiger partial charge < -0.3 is 20.3 Å². The van der Waals surface area contributed by atoms with Gasteiger partial charge in [0.15, 0.2) is 5.96 Å². The maximum Gasteiger partial charge on any atom is 0.191 e. The van der Waals surface area contributed by atoms with Crippen LogP contribution < -0.4 is 10.6 Å². The summed E-state index contributed by atoms with van der Waals surface area (Å²) in [6.45, 7) is 8.88. The van der Waals surface area contributed by atoms with Crippen molar-refractivity contribution in [2.45, 2.75) is 31.1 Å². The number of piperidine rings is 1. The number of thioether (sulfide) groups is 1. The molecule has 1 heterocycles. The molecule has 0 saturated carbocycles.